The first-order valence-corrected chi connectivity index (χ1v) is 9.75. The molecule has 0 radical (unpaired) electrons. The van der Waals surface area contributed by atoms with Gasteiger partial charge in [-0.3, -0.25) is 9.69 Å². The average Bonchev–Trinajstić information content (AvgIpc) is 3.26. The molecule has 1 amide bonds. The van der Waals surface area contributed by atoms with Crippen LogP contribution in [-0.4, -0.2) is 34.8 Å². The van der Waals surface area contributed by atoms with Gasteiger partial charge in [0.2, 0.25) is 0 Å². The van der Waals surface area contributed by atoms with Gasteiger partial charge in [-0.25, -0.2) is 13.9 Å². The van der Waals surface area contributed by atoms with Crippen molar-refractivity contribution in [1.82, 2.24) is 9.78 Å². The number of anilines is 1. The number of amides is 1. The highest BCUT2D eigenvalue weighted by molar-refractivity contribution is 6.34. The van der Waals surface area contributed by atoms with Crippen molar-refractivity contribution < 1.29 is 18.7 Å². The molecule has 1 unspecified atom stereocenters. The van der Waals surface area contributed by atoms with Crippen LogP contribution < -0.4 is 4.90 Å². The van der Waals surface area contributed by atoms with Gasteiger partial charge >= 0.3 is 5.97 Å². The quantitative estimate of drug-likeness (QED) is 0.594. The number of esters is 1. The van der Waals surface area contributed by atoms with Gasteiger partial charge in [0.25, 0.3) is 5.91 Å². The monoisotopic (exact) mass is 427 g/mol. The Bertz CT molecular complexity index is 1130. The Morgan fingerprint density at radius 1 is 1.20 bits per heavy atom. The van der Waals surface area contributed by atoms with Gasteiger partial charge in [-0.2, -0.15) is 5.10 Å². The molecule has 0 spiro atoms. The van der Waals surface area contributed by atoms with Crippen LogP contribution in [0.25, 0.3) is 0 Å². The first-order valence-electron chi connectivity index (χ1n) is 9.37. The zero-order chi connectivity index (χ0) is 21.4. The highest BCUT2D eigenvalue weighted by Crippen LogP contribution is 2.35. The van der Waals surface area contributed by atoms with E-state index in [9.17, 15) is 14.0 Å². The van der Waals surface area contributed by atoms with Crippen LogP contribution in [0, 0.1) is 12.7 Å². The summed E-state index contributed by atoms with van der Waals surface area (Å²) in [5, 5.41) is 4.56. The maximum atomic E-state index is 13.5. The SMILES string of the molecule is COC(=O)C1Cc2ccccc2N1C(=O)c1c(C)nn(Cc2ccc(F)cc2)c1Cl. The summed E-state index contributed by atoms with van der Waals surface area (Å²) in [6, 6.07) is 12.6. The second kappa shape index (κ2) is 7.91. The lowest BCUT2D eigenvalue weighted by molar-refractivity contribution is -0.141. The number of carbonyl (C=O) groups excluding carboxylic acids is 2. The Kier molecular flexibility index (Phi) is 5.30. The van der Waals surface area contributed by atoms with E-state index in [0.717, 1.165) is 11.1 Å². The average molecular weight is 428 g/mol. The van der Waals surface area contributed by atoms with E-state index in [0.29, 0.717) is 17.8 Å². The van der Waals surface area contributed by atoms with Crippen LogP contribution >= 0.6 is 11.6 Å². The van der Waals surface area contributed by atoms with Gasteiger partial charge in [-0.05, 0) is 36.2 Å². The molecule has 1 aromatic heterocycles. The standard InChI is InChI=1S/C22H19ClFN3O3/c1-13-19(20(23)26(25-13)12-14-7-9-16(24)10-8-14)21(28)27-17-6-4-3-5-15(17)11-18(27)22(29)30-2/h3-10,18H,11-12H2,1-2H3. The van der Waals surface area contributed by atoms with Crippen molar-refractivity contribution in [3.05, 3.63) is 81.9 Å². The zero-order valence-corrected chi connectivity index (χ0v) is 17.2. The summed E-state index contributed by atoms with van der Waals surface area (Å²) in [6.07, 6.45) is 0.370. The number of methoxy groups -OCH3 is 1. The molecule has 0 N–H and O–H groups in total. The van der Waals surface area contributed by atoms with Crippen LogP contribution in [0.15, 0.2) is 48.5 Å². The van der Waals surface area contributed by atoms with E-state index < -0.39 is 17.9 Å². The molecular formula is C22H19ClFN3O3. The highest BCUT2D eigenvalue weighted by atomic mass is 35.5. The van der Waals surface area contributed by atoms with Gasteiger partial charge in [0.05, 0.1) is 24.9 Å². The van der Waals surface area contributed by atoms with Crippen molar-refractivity contribution >= 4 is 29.2 Å². The Labute approximate surface area is 177 Å². The topological polar surface area (TPSA) is 64.4 Å². The van der Waals surface area contributed by atoms with Crippen molar-refractivity contribution in [3.63, 3.8) is 0 Å². The number of halogens is 2. The normalized spacial score (nSPS) is 15.2. The third kappa shape index (κ3) is 3.45. The van der Waals surface area contributed by atoms with Gasteiger partial charge < -0.3 is 4.74 Å². The van der Waals surface area contributed by atoms with Crippen LogP contribution in [0.5, 0.6) is 0 Å². The van der Waals surface area contributed by atoms with Gasteiger partial charge in [0.15, 0.2) is 0 Å². The molecule has 3 aromatic rings. The van der Waals surface area contributed by atoms with Crippen LogP contribution in [-0.2, 0) is 22.5 Å². The molecule has 1 aliphatic heterocycles. The molecule has 0 fully saturated rings. The molecule has 2 aromatic carbocycles. The number of fused-ring (bicyclic) bond motifs is 1. The molecule has 4 rings (SSSR count). The predicted molar refractivity (Wildman–Crippen MR) is 110 cm³/mol. The number of aryl methyl sites for hydroxylation is 1. The smallest absolute Gasteiger partial charge is 0.329 e. The van der Waals surface area contributed by atoms with E-state index in [-0.39, 0.29) is 23.1 Å². The minimum Gasteiger partial charge on any atom is -0.467 e. The summed E-state index contributed by atoms with van der Waals surface area (Å²) in [5.74, 6) is -1.24. The Morgan fingerprint density at radius 3 is 2.60 bits per heavy atom. The lowest BCUT2D eigenvalue weighted by Gasteiger charge is -2.23. The fraction of sp³-hybridized carbons (Fsp3) is 0.227. The lowest BCUT2D eigenvalue weighted by Crippen LogP contribution is -2.43. The van der Waals surface area contributed by atoms with Crippen LogP contribution in [0.4, 0.5) is 10.1 Å². The van der Waals surface area contributed by atoms with Crippen molar-refractivity contribution in [2.24, 2.45) is 0 Å². The maximum Gasteiger partial charge on any atom is 0.329 e. The number of benzene rings is 2. The van der Waals surface area contributed by atoms with E-state index in [4.69, 9.17) is 16.3 Å². The fourth-order valence-corrected chi connectivity index (χ4v) is 4.06. The minimum atomic E-state index is -0.768. The number of para-hydroxylation sites is 1. The molecule has 6 nitrogen and oxygen atoms in total. The molecule has 0 saturated heterocycles. The molecule has 0 bridgehead atoms. The first kappa shape index (κ1) is 20.1. The van der Waals surface area contributed by atoms with Crippen molar-refractivity contribution in [1.29, 1.82) is 0 Å². The third-order valence-corrected chi connectivity index (χ3v) is 5.58. The Morgan fingerprint density at radius 2 is 1.90 bits per heavy atom. The molecule has 1 aliphatic rings. The summed E-state index contributed by atoms with van der Waals surface area (Å²) in [4.78, 5) is 27.3. The number of ether oxygens (including phenoxy) is 1. The van der Waals surface area contributed by atoms with E-state index in [1.807, 2.05) is 18.2 Å². The molecule has 30 heavy (non-hydrogen) atoms. The minimum absolute atomic E-state index is 0.162. The number of aromatic nitrogens is 2. The highest BCUT2D eigenvalue weighted by Gasteiger charge is 2.41. The Hall–Kier alpha value is -3.19. The summed E-state index contributed by atoms with van der Waals surface area (Å²) in [7, 11) is 1.30. The molecule has 2 heterocycles. The largest absolute Gasteiger partial charge is 0.467 e. The number of hydrogen-bond acceptors (Lipinski definition) is 4. The first-order chi connectivity index (χ1) is 14.4. The summed E-state index contributed by atoms with van der Waals surface area (Å²) in [6.45, 7) is 1.97. The van der Waals surface area contributed by atoms with E-state index in [1.165, 1.54) is 28.8 Å². The van der Waals surface area contributed by atoms with Crippen LogP contribution in [0.1, 0.15) is 27.2 Å². The van der Waals surface area contributed by atoms with Gasteiger partial charge in [0, 0.05) is 12.1 Å². The number of carbonyl (C=O) groups is 2. The Balaban J connectivity index is 1.71. The molecule has 154 valence electrons. The van der Waals surface area contributed by atoms with Crippen molar-refractivity contribution in [2.45, 2.75) is 25.9 Å². The summed E-state index contributed by atoms with van der Waals surface area (Å²) in [5.41, 5.74) is 3.00. The second-order valence-corrected chi connectivity index (χ2v) is 7.44. The second-order valence-electron chi connectivity index (χ2n) is 7.08. The summed E-state index contributed by atoms with van der Waals surface area (Å²) >= 11 is 6.54. The fourth-order valence-electron chi connectivity index (χ4n) is 3.75. The summed E-state index contributed by atoms with van der Waals surface area (Å²) < 4.78 is 19.6. The molecule has 0 saturated carbocycles. The van der Waals surface area contributed by atoms with Crippen LogP contribution in [0.3, 0.4) is 0 Å². The third-order valence-electron chi connectivity index (χ3n) is 5.19. The van der Waals surface area contributed by atoms with Crippen molar-refractivity contribution in [2.75, 3.05) is 12.0 Å². The zero-order valence-electron chi connectivity index (χ0n) is 16.4. The van der Waals surface area contributed by atoms with Gasteiger partial charge in [-0.15, -0.1) is 0 Å². The van der Waals surface area contributed by atoms with Gasteiger partial charge in [0.1, 0.15) is 17.0 Å². The van der Waals surface area contributed by atoms with Gasteiger partial charge in [-0.1, -0.05) is 41.9 Å². The van der Waals surface area contributed by atoms with Crippen LogP contribution in [0.2, 0.25) is 5.15 Å². The molecular weight excluding hydrogens is 409 g/mol. The number of rotatable bonds is 4. The molecule has 0 aliphatic carbocycles. The molecule has 1 atom stereocenters. The maximum absolute atomic E-state index is 13.5. The number of nitrogens with zero attached hydrogens (tertiary/aromatic N) is 3. The van der Waals surface area contributed by atoms with Crippen molar-refractivity contribution in [3.8, 4) is 0 Å². The number of hydrogen-bond donors (Lipinski definition) is 0. The van der Waals surface area contributed by atoms with E-state index in [1.54, 1.807) is 25.1 Å². The van der Waals surface area contributed by atoms with E-state index >= 15 is 0 Å². The molecule has 8 heteroatoms. The lowest BCUT2D eigenvalue weighted by atomic mass is 10.1. The van der Waals surface area contributed by atoms with E-state index in [2.05, 4.69) is 5.10 Å². The predicted octanol–water partition coefficient (Wildman–Crippen LogP) is 3.78.